The minimum atomic E-state index is -0.0251. The molecule has 0 amide bonds. The summed E-state index contributed by atoms with van der Waals surface area (Å²) >= 11 is 0. The lowest BCUT2D eigenvalue weighted by Gasteiger charge is -2.25. The van der Waals surface area contributed by atoms with Crippen LogP contribution in [0.1, 0.15) is 18.4 Å². The van der Waals surface area contributed by atoms with Gasteiger partial charge < -0.3 is 18.6 Å². The van der Waals surface area contributed by atoms with Gasteiger partial charge in [0.25, 0.3) is 11.6 Å². The maximum Gasteiger partial charge on any atom is 0.323 e. The summed E-state index contributed by atoms with van der Waals surface area (Å²) in [4.78, 5) is 13.4. The molecule has 26 heavy (non-hydrogen) atoms. The molecule has 2 aromatic heterocycles. The summed E-state index contributed by atoms with van der Waals surface area (Å²) in [6, 6.07) is 8.22. The van der Waals surface area contributed by atoms with Gasteiger partial charge in [-0.2, -0.15) is 9.97 Å². The molecule has 2 fully saturated rings. The molecule has 1 aliphatic carbocycles. The van der Waals surface area contributed by atoms with Gasteiger partial charge in [0.05, 0.1) is 19.8 Å². The zero-order chi connectivity index (χ0) is 17.5. The van der Waals surface area contributed by atoms with Crippen LogP contribution in [0.3, 0.4) is 0 Å². The Morgan fingerprint density at radius 1 is 1.15 bits per heavy atom. The number of fused-ring (bicyclic) bond motifs is 1. The van der Waals surface area contributed by atoms with Crippen LogP contribution in [-0.2, 0) is 4.74 Å². The van der Waals surface area contributed by atoms with E-state index < -0.39 is 0 Å². The first-order valence-corrected chi connectivity index (χ1v) is 8.87. The van der Waals surface area contributed by atoms with E-state index in [2.05, 4.69) is 15.0 Å². The Morgan fingerprint density at radius 3 is 2.77 bits per heavy atom. The molecule has 0 N–H and O–H groups in total. The van der Waals surface area contributed by atoms with E-state index in [4.69, 9.17) is 18.6 Å². The van der Waals surface area contributed by atoms with Gasteiger partial charge in [-0.25, -0.2) is 4.98 Å². The summed E-state index contributed by atoms with van der Waals surface area (Å²) in [5.74, 6) is 1.52. The van der Waals surface area contributed by atoms with Gasteiger partial charge >= 0.3 is 6.01 Å². The fourth-order valence-electron chi connectivity index (χ4n) is 2.75. The normalized spacial score (nSPS) is 17.3. The van der Waals surface area contributed by atoms with E-state index in [1.807, 2.05) is 31.2 Å². The van der Waals surface area contributed by atoms with Crippen molar-refractivity contribution in [2.45, 2.75) is 25.9 Å². The average molecular weight is 353 g/mol. The predicted octanol–water partition coefficient (Wildman–Crippen LogP) is 3.16. The van der Waals surface area contributed by atoms with E-state index in [1.165, 1.54) is 12.8 Å². The first-order chi connectivity index (χ1) is 12.7. The fraction of sp³-hybridized carbons (Fsp3) is 0.421. The number of hydrogen-bond donors (Lipinski definition) is 0. The second-order valence-electron chi connectivity index (χ2n) is 6.89. The van der Waals surface area contributed by atoms with Crippen LogP contribution >= 0.6 is 0 Å². The number of benzene rings is 1. The van der Waals surface area contributed by atoms with Crippen molar-refractivity contribution in [3.8, 4) is 23.3 Å². The molecule has 1 aliphatic heterocycles. The van der Waals surface area contributed by atoms with Crippen molar-refractivity contribution in [3.63, 3.8) is 0 Å². The maximum absolute atomic E-state index is 5.91. The predicted molar refractivity (Wildman–Crippen MR) is 93.2 cm³/mol. The SMILES string of the molecule is Cc1cccc(-c2nc3c(OCC4CC4)nc(OC4COC4)nc3o2)c1. The first-order valence-electron chi connectivity index (χ1n) is 8.87. The largest absolute Gasteiger partial charge is 0.476 e. The van der Waals surface area contributed by atoms with Crippen LogP contribution in [0.5, 0.6) is 11.9 Å². The highest BCUT2D eigenvalue weighted by atomic mass is 16.6. The Morgan fingerprint density at radius 2 is 2.04 bits per heavy atom. The Balaban J connectivity index is 1.53. The maximum atomic E-state index is 5.91. The number of hydrogen-bond acceptors (Lipinski definition) is 7. The van der Waals surface area contributed by atoms with Gasteiger partial charge in [-0.3, -0.25) is 0 Å². The van der Waals surface area contributed by atoms with Gasteiger partial charge in [-0.1, -0.05) is 17.7 Å². The van der Waals surface area contributed by atoms with Crippen molar-refractivity contribution in [1.82, 2.24) is 15.0 Å². The topological polar surface area (TPSA) is 79.5 Å². The number of rotatable bonds is 6. The van der Waals surface area contributed by atoms with E-state index >= 15 is 0 Å². The van der Waals surface area contributed by atoms with Crippen molar-refractivity contribution in [3.05, 3.63) is 29.8 Å². The van der Waals surface area contributed by atoms with E-state index in [9.17, 15) is 0 Å². The highest BCUT2D eigenvalue weighted by molar-refractivity contribution is 5.77. The van der Waals surface area contributed by atoms with Crippen LogP contribution in [0.4, 0.5) is 0 Å². The Kier molecular flexibility index (Phi) is 3.74. The van der Waals surface area contributed by atoms with Gasteiger partial charge in [0.2, 0.25) is 5.89 Å². The third-order valence-corrected chi connectivity index (χ3v) is 4.50. The molecule has 1 saturated carbocycles. The Labute approximate surface area is 150 Å². The van der Waals surface area contributed by atoms with Crippen LogP contribution in [0.2, 0.25) is 0 Å². The van der Waals surface area contributed by atoms with E-state index in [-0.39, 0.29) is 12.1 Å². The molecule has 0 spiro atoms. The standard InChI is InChI=1S/C19H19N3O4/c1-11-3-2-4-13(7-11)16-20-15-17(24-8-12-5-6-12)21-19(22-18(15)26-16)25-14-9-23-10-14/h2-4,7,12,14H,5-6,8-10H2,1H3. The second-order valence-corrected chi connectivity index (χ2v) is 6.89. The van der Waals surface area contributed by atoms with Gasteiger partial charge in [0.1, 0.15) is 6.10 Å². The van der Waals surface area contributed by atoms with Crippen LogP contribution in [0, 0.1) is 12.8 Å². The average Bonchev–Trinajstić information content (AvgIpc) is 3.33. The molecule has 1 saturated heterocycles. The molecule has 3 aromatic rings. The van der Waals surface area contributed by atoms with E-state index in [0.717, 1.165) is 11.1 Å². The molecule has 5 rings (SSSR count). The van der Waals surface area contributed by atoms with Crippen LogP contribution in [0.15, 0.2) is 28.7 Å². The molecular weight excluding hydrogens is 334 g/mol. The zero-order valence-corrected chi connectivity index (χ0v) is 14.5. The number of ether oxygens (including phenoxy) is 3. The monoisotopic (exact) mass is 353 g/mol. The summed E-state index contributed by atoms with van der Waals surface area (Å²) < 4.78 is 22.7. The molecule has 7 nitrogen and oxygen atoms in total. The van der Waals surface area contributed by atoms with Crippen molar-refractivity contribution in [2.24, 2.45) is 5.92 Å². The van der Waals surface area contributed by atoms with Gasteiger partial charge in [0, 0.05) is 5.56 Å². The number of nitrogens with zero attached hydrogens (tertiary/aromatic N) is 3. The fourth-order valence-corrected chi connectivity index (χ4v) is 2.75. The lowest BCUT2D eigenvalue weighted by atomic mass is 10.1. The van der Waals surface area contributed by atoms with Crippen molar-refractivity contribution >= 4 is 11.2 Å². The lowest BCUT2D eigenvalue weighted by Crippen LogP contribution is -2.39. The van der Waals surface area contributed by atoms with Gasteiger partial charge in [-0.15, -0.1) is 0 Å². The van der Waals surface area contributed by atoms with Gasteiger partial charge in [0.15, 0.2) is 5.52 Å². The molecule has 7 heteroatoms. The molecule has 3 heterocycles. The molecular formula is C19H19N3O4. The van der Waals surface area contributed by atoms with Crippen molar-refractivity contribution in [1.29, 1.82) is 0 Å². The summed E-state index contributed by atoms with van der Waals surface area (Å²) in [5, 5.41) is 0. The molecule has 0 radical (unpaired) electrons. The zero-order valence-electron chi connectivity index (χ0n) is 14.5. The smallest absolute Gasteiger partial charge is 0.323 e. The van der Waals surface area contributed by atoms with E-state index in [1.54, 1.807) is 0 Å². The summed E-state index contributed by atoms with van der Waals surface area (Å²) in [6.07, 6.45) is 2.37. The van der Waals surface area contributed by atoms with Crippen molar-refractivity contribution in [2.75, 3.05) is 19.8 Å². The first kappa shape index (κ1) is 15.6. The Bertz CT molecular complexity index is 947. The minimum Gasteiger partial charge on any atom is -0.476 e. The quantitative estimate of drug-likeness (QED) is 0.673. The van der Waals surface area contributed by atoms with Crippen LogP contribution in [0.25, 0.3) is 22.7 Å². The minimum absolute atomic E-state index is 0.0251. The third kappa shape index (κ3) is 3.10. The number of aromatic nitrogens is 3. The second kappa shape index (κ2) is 6.25. The molecule has 0 unspecified atom stereocenters. The van der Waals surface area contributed by atoms with E-state index in [0.29, 0.717) is 48.7 Å². The molecule has 134 valence electrons. The van der Waals surface area contributed by atoms with Crippen LogP contribution in [-0.4, -0.2) is 40.9 Å². The lowest BCUT2D eigenvalue weighted by molar-refractivity contribution is -0.0832. The highest BCUT2D eigenvalue weighted by Gasteiger charge is 2.26. The molecule has 1 aromatic carbocycles. The molecule has 0 bridgehead atoms. The third-order valence-electron chi connectivity index (χ3n) is 4.50. The molecule has 0 atom stereocenters. The van der Waals surface area contributed by atoms with Crippen LogP contribution < -0.4 is 9.47 Å². The summed E-state index contributed by atoms with van der Waals surface area (Å²) in [6.45, 7) is 3.75. The summed E-state index contributed by atoms with van der Waals surface area (Å²) in [7, 11) is 0. The number of aryl methyl sites for hydroxylation is 1. The molecule has 2 aliphatic rings. The summed E-state index contributed by atoms with van der Waals surface area (Å²) in [5.41, 5.74) is 2.93. The highest BCUT2D eigenvalue weighted by Crippen LogP contribution is 2.33. The van der Waals surface area contributed by atoms with Crippen molar-refractivity contribution < 1.29 is 18.6 Å². The number of oxazole rings is 1. The van der Waals surface area contributed by atoms with Gasteiger partial charge in [-0.05, 0) is 37.8 Å². The Hall–Kier alpha value is -2.67.